The summed E-state index contributed by atoms with van der Waals surface area (Å²) in [5, 5.41) is 2.53. The van der Waals surface area contributed by atoms with E-state index in [0.717, 1.165) is 5.56 Å². The van der Waals surface area contributed by atoms with Crippen molar-refractivity contribution in [3.63, 3.8) is 0 Å². The van der Waals surface area contributed by atoms with Crippen LogP contribution in [-0.2, 0) is 11.2 Å². The SMILES string of the molecule is NC(=S)c1ccc(NC(=O)Cc2ccccc2)c(F)c1. The molecule has 0 saturated heterocycles. The van der Waals surface area contributed by atoms with Crippen LogP contribution in [0.15, 0.2) is 48.5 Å². The Kier molecular flexibility index (Phi) is 4.42. The summed E-state index contributed by atoms with van der Waals surface area (Å²) in [6.45, 7) is 0. The molecule has 0 radical (unpaired) electrons. The highest BCUT2D eigenvalue weighted by molar-refractivity contribution is 7.80. The molecule has 1 amide bonds. The third-order valence-corrected chi connectivity index (χ3v) is 2.97. The number of carbonyl (C=O) groups excluding carboxylic acids is 1. The molecule has 0 aliphatic rings. The Morgan fingerprint density at radius 1 is 1.20 bits per heavy atom. The van der Waals surface area contributed by atoms with E-state index in [2.05, 4.69) is 5.32 Å². The Bertz CT molecular complexity index is 644. The summed E-state index contributed by atoms with van der Waals surface area (Å²) in [5.74, 6) is -0.838. The van der Waals surface area contributed by atoms with Gasteiger partial charge >= 0.3 is 0 Å². The Morgan fingerprint density at radius 2 is 1.90 bits per heavy atom. The van der Waals surface area contributed by atoms with Crippen LogP contribution in [0.3, 0.4) is 0 Å². The molecular formula is C15H13FN2OS. The van der Waals surface area contributed by atoms with Crippen LogP contribution in [-0.4, -0.2) is 10.9 Å². The lowest BCUT2D eigenvalue weighted by atomic mass is 10.1. The van der Waals surface area contributed by atoms with E-state index >= 15 is 0 Å². The lowest BCUT2D eigenvalue weighted by Crippen LogP contribution is -2.16. The summed E-state index contributed by atoms with van der Waals surface area (Å²) in [6.07, 6.45) is 0.192. The molecule has 102 valence electrons. The smallest absolute Gasteiger partial charge is 0.228 e. The number of nitrogens with one attached hydrogen (secondary N) is 1. The van der Waals surface area contributed by atoms with Crippen LogP contribution in [0, 0.1) is 5.82 Å². The van der Waals surface area contributed by atoms with Gasteiger partial charge in [0.05, 0.1) is 12.1 Å². The number of benzene rings is 2. The molecule has 5 heteroatoms. The lowest BCUT2D eigenvalue weighted by Gasteiger charge is -2.08. The predicted molar refractivity (Wildman–Crippen MR) is 81.1 cm³/mol. The van der Waals surface area contributed by atoms with E-state index in [9.17, 15) is 9.18 Å². The van der Waals surface area contributed by atoms with Crippen molar-refractivity contribution in [3.8, 4) is 0 Å². The molecule has 0 heterocycles. The quantitative estimate of drug-likeness (QED) is 0.850. The number of hydrogen-bond donors (Lipinski definition) is 2. The highest BCUT2D eigenvalue weighted by atomic mass is 32.1. The van der Waals surface area contributed by atoms with Crippen molar-refractivity contribution in [2.75, 3.05) is 5.32 Å². The molecule has 0 spiro atoms. The zero-order valence-electron chi connectivity index (χ0n) is 10.6. The molecule has 2 aromatic rings. The first kappa shape index (κ1) is 14.1. The minimum atomic E-state index is -0.559. The fourth-order valence-corrected chi connectivity index (χ4v) is 1.87. The largest absolute Gasteiger partial charge is 0.389 e. The first-order valence-corrected chi connectivity index (χ1v) is 6.40. The van der Waals surface area contributed by atoms with E-state index in [1.165, 1.54) is 12.1 Å². The number of rotatable bonds is 4. The minimum absolute atomic E-state index is 0.117. The number of thiocarbonyl (C=S) groups is 1. The van der Waals surface area contributed by atoms with Gasteiger partial charge in [0.25, 0.3) is 0 Å². The zero-order chi connectivity index (χ0) is 14.5. The van der Waals surface area contributed by atoms with Crippen molar-refractivity contribution in [2.24, 2.45) is 5.73 Å². The molecule has 2 aromatic carbocycles. The predicted octanol–water partition coefficient (Wildman–Crippen LogP) is 2.64. The van der Waals surface area contributed by atoms with Gasteiger partial charge in [-0.15, -0.1) is 0 Å². The molecular weight excluding hydrogens is 275 g/mol. The highest BCUT2D eigenvalue weighted by Gasteiger charge is 2.09. The Labute approximate surface area is 121 Å². The summed E-state index contributed by atoms with van der Waals surface area (Å²) in [4.78, 5) is 11.9. The second-order valence-electron chi connectivity index (χ2n) is 4.27. The second kappa shape index (κ2) is 6.25. The molecule has 0 aromatic heterocycles. The summed E-state index contributed by atoms with van der Waals surface area (Å²) >= 11 is 4.76. The zero-order valence-corrected chi connectivity index (χ0v) is 11.4. The summed E-state index contributed by atoms with van der Waals surface area (Å²) in [7, 11) is 0. The molecule has 2 rings (SSSR count). The summed E-state index contributed by atoms with van der Waals surface area (Å²) in [6, 6.07) is 13.5. The van der Waals surface area contributed by atoms with E-state index in [4.69, 9.17) is 18.0 Å². The maximum Gasteiger partial charge on any atom is 0.228 e. The fourth-order valence-electron chi connectivity index (χ4n) is 1.75. The van der Waals surface area contributed by atoms with Crippen LogP contribution in [0.2, 0.25) is 0 Å². The van der Waals surface area contributed by atoms with E-state index < -0.39 is 5.82 Å². The Balaban J connectivity index is 2.06. The molecule has 3 nitrogen and oxygen atoms in total. The van der Waals surface area contributed by atoms with E-state index in [0.29, 0.717) is 5.56 Å². The highest BCUT2D eigenvalue weighted by Crippen LogP contribution is 2.16. The molecule has 0 unspecified atom stereocenters. The standard InChI is InChI=1S/C15H13FN2OS/c16-12-9-11(15(17)20)6-7-13(12)18-14(19)8-10-4-2-1-3-5-10/h1-7,9H,8H2,(H2,17,20)(H,18,19). The molecule has 0 aliphatic carbocycles. The minimum Gasteiger partial charge on any atom is -0.389 e. The average Bonchev–Trinajstić information content (AvgIpc) is 2.42. The van der Waals surface area contributed by atoms with Crippen molar-refractivity contribution in [2.45, 2.75) is 6.42 Å². The molecule has 0 fully saturated rings. The number of anilines is 1. The number of nitrogens with two attached hydrogens (primary N) is 1. The number of amides is 1. The van der Waals surface area contributed by atoms with Gasteiger partial charge in [0, 0.05) is 5.56 Å². The number of hydrogen-bond acceptors (Lipinski definition) is 2. The van der Waals surface area contributed by atoms with Crippen molar-refractivity contribution >= 4 is 28.8 Å². The Morgan fingerprint density at radius 3 is 2.50 bits per heavy atom. The van der Waals surface area contributed by atoms with Gasteiger partial charge in [-0.25, -0.2) is 4.39 Å². The molecule has 0 atom stereocenters. The Hall–Kier alpha value is -2.27. The van der Waals surface area contributed by atoms with Crippen LogP contribution < -0.4 is 11.1 Å². The fraction of sp³-hybridized carbons (Fsp3) is 0.0667. The molecule has 0 aliphatic heterocycles. The summed E-state index contributed by atoms with van der Waals surface area (Å²) in [5.41, 5.74) is 6.83. The van der Waals surface area contributed by atoms with Crippen LogP contribution in [0.25, 0.3) is 0 Å². The second-order valence-corrected chi connectivity index (χ2v) is 4.71. The van der Waals surface area contributed by atoms with Crippen LogP contribution in [0.5, 0.6) is 0 Å². The maximum atomic E-state index is 13.8. The van der Waals surface area contributed by atoms with Gasteiger partial charge in [0.15, 0.2) is 0 Å². The van der Waals surface area contributed by atoms with Crippen molar-refractivity contribution in [3.05, 3.63) is 65.5 Å². The first-order chi connectivity index (χ1) is 9.56. The van der Waals surface area contributed by atoms with Gasteiger partial charge in [0.2, 0.25) is 5.91 Å². The number of halogens is 1. The average molecular weight is 288 g/mol. The van der Waals surface area contributed by atoms with E-state index in [1.807, 2.05) is 30.3 Å². The van der Waals surface area contributed by atoms with Gasteiger partial charge in [-0.1, -0.05) is 42.5 Å². The molecule has 3 N–H and O–H groups in total. The maximum absolute atomic E-state index is 13.8. The van der Waals surface area contributed by atoms with Crippen molar-refractivity contribution in [1.82, 2.24) is 0 Å². The normalized spacial score (nSPS) is 10.1. The van der Waals surface area contributed by atoms with Gasteiger partial charge in [-0.05, 0) is 23.8 Å². The molecule has 0 bridgehead atoms. The molecule has 0 saturated carbocycles. The van der Waals surface area contributed by atoms with Gasteiger partial charge in [-0.2, -0.15) is 0 Å². The van der Waals surface area contributed by atoms with Crippen LogP contribution >= 0.6 is 12.2 Å². The van der Waals surface area contributed by atoms with Crippen molar-refractivity contribution in [1.29, 1.82) is 0 Å². The van der Waals surface area contributed by atoms with Gasteiger partial charge in [0.1, 0.15) is 10.8 Å². The molecule has 20 heavy (non-hydrogen) atoms. The van der Waals surface area contributed by atoms with Crippen molar-refractivity contribution < 1.29 is 9.18 Å². The van der Waals surface area contributed by atoms with E-state index in [1.54, 1.807) is 6.07 Å². The number of carbonyl (C=O) groups is 1. The summed E-state index contributed by atoms with van der Waals surface area (Å²) < 4.78 is 13.8. The monoisotopic (exact) mass is 288 g/mol. The third kappa shape index (κ3) is 3.61. The van der Waals surface area contributed by atoms with Crippen LogP contribution in [0.1, 0.15) is 11.1 Å². The van der Waals surface area contributed by atoms with Crippen LogP contribution in [0.4, 0.5) is 10.1 Å². The first-order valence-electron chi connectivity index (χ1n) is 5.99. The lowest BCUT2D eigenvalue weighted by molar-refractivity contribution is -0.115. The third-order valence-electron chi connectivity index (χ3n) is 2.74. The topological polar surface area (TPSA) is 55.1 Å². The van der Waals surface area contributed by atoms with Gasteiger partial charge < -0.3 is 11.1 Å². The van der Waals surface area contributed by atoms with Gasteiger partial charge in [-0.3, -0.25) is 4.79 Å². The van der Waals surface area contributed by atoms with E-state index in [-0.39, 0.29) is 23.0 Å².